The van der Waals surface area contributed by atoms with Gasteiger partial charge in [-0.1, -0.05) is 35.5 Å². The lowest BCUT2D eigenvalue weighted by Crippen LogP contribution is -2.25. The second kappa shape index (κ2) is 7.23. The number of aryl methyl sites for hydroxylation is 1. The van der Waals surface area contributed by atoms with Crippen LogP contribution < -0.4 is 9.64 Å². The molecule has 2 aromatic carbocycles. The molecule has 4 rings (SSSR count). The minimum absolute atomic E-state index is 0.0763. The average Bonchev–Trinajstić information content (AvgIpc) is 3.30. The van der Waals surface area contributed by atoms with Crippen LogP contribution in [0.15, 0.2) is 53.1 Å². The van der Waals surface area contributed by atoms with Crippen LogP contribution in [0.1, 0.15) is 30.7 Å². The molecular weight excluding hydrogens is 342 g/mol. The van der Waals surface area contributed by atoms with Gasteiger partial charge >= 0.3 is 0 Å². The van der Waals surface area contributed by atoms with E-state index in [-0.39, 0.29) is 11.8 Å². The van der Waals surface area contributed by atoms with Gasteiger partial charge in [-0.05, 0) is 37.6 Å². The number of hydrogen-bond donors (Lipinski definition) is 0. The quantitative estimate of drug-likeness (QED) is 0.686. The van der Waals surface area contributed by atoms with E-state index in [4.69, 9.17) is 9.26 Å². The summed E-state index contributed by atoms with van der Waals surface area (Å²) >= 11 is 0. The Morgan fingerprint density at radius 1 is 1.22 bits per heavy atom. The lowest BCUT2D eigenvalue weighted by molar-refractivity contribution is -0.117. The largest absolute Gasteiger partial charge is 0.494 e. The molecule has 138 valence electrons. The highest BCUT2D eigenvalue weighted by Gasteiger charge is 2.35. The molecule has 0 spiro atoms. The van der Waals surface area contributed by atoms with Crippen molar-refractivity contribution in [2.45, 2.75) is 26.2 Å². The van der Waals surface area contributed by atoms with Crippen LogP contribution in [-0.2, 0) is 4.79 Å². The average molecular weight is 363 g/mol. The number of anilines is 1. The van der Waals surface area contributed by atoms with Gasteiger partial charge in [0, 0.05) is 24.2 Å². The zero-order valence-electron chi connectivity index (χ0n) is 15.4. The van der Waals surface area contributed by atoms with Gasteiger partial charge < -0.3 is 14.2 Å². The number of amides is 1. The number of para-hydroxylation sites is 1. The highest BCUT2D eigenvalue weighted by Crippen LogP contribution is 2.33. The normalized spacial score (nSPS) is 16.7. The molecule has 1 fully saturated rings. The fourth-order valence-corrected chi connectivity index (χ4v) is 3.38. The van der Waals surface area contributed by atoms with Crippen molar-refractivity contribution in [2.24, 2.45) is 0 Å². The van der Waals surface area contributed by atoms with E-state index in [0.717, 1.165) is 22.6 Å². The standard InChI is InChI=1S/C21H21N3O3/c1-3-26-17-9-6-8-15(11-17)20-22-21(27-23-20)16-12-19(25)24(13-16)18-10-5-4-7-14(18)2/h4-11,16H,3,12-13H2,1-2H3. The summed E-state index contributed by atoms with van der Waals surface area (Å²) in [6.07, 6.45) is 0.370. The Morgan fingerprint density at radius 3 is 2.89 bits per heavy atom. The first-order valence-electron chi connectivity index (χ1n) is 9.08. The van der Waals surface area contributed by atoms with Crippen molar-refractivity contribution in [3.63, 3.8) is 0 Å². The summed E-state index contributed by atoms with van der Waals surface area (Å²) in [6, 6.07) is 15.5. The van der Waals surface area contributed by atoms with Gasteiger partial charge in [0.25, 0.3) is 0 Å². The molecule has 1 unspecified atom stereocenters. The third kappa shape index (κ3) is 3.43. The van der Waals surface area contributed by atoms with Crippen LogP contribution in [0.3, 0.4) is 0 Å². The predicted molar refractivity (Wildman–Crippen MR) is 102 cm³/mol. The Bertz CT molecular complexity index is 967. The maximum atomic E-state index is 12.5. The van der Waals surface area contributed by atoms with Crippen molar-refractivity contribution in [1.29, 1.82) is 0 Å². The van der Waals surface area contributed by atoms with Gasteiger partial charge in [0.15, 0.2) is 0 Å². The molecule has 1 aromatic heterocycles. The van der Waals surface area contributed by atoms with Gasteiger partial charge in [0.1, 0.15) is 5.75 Å². The van der Waals surface area contributed by atoms with E-state index in [1.165, 1.54) is 0 Å². The first kappa shape index (κ1) is 17.3. The molecule has 0 saturated carbocycles. The summed E-state index contributed by atoms with van der Waals surface area (Å²) in [5.41, 5.74) is 2.84. The van der Waals surface area contributed by atoms with Gasteiger partial charge in [-0.3, -0.25) is 4.79 Å². The lowest BCUT2D eigenvalue weighted by Gasteiger charge is -2.18. The highest BCUT2D eigenvalue weighted by atomic mass is 16.5. The molecule has 6 heteroatoms. The predicted octanol–water partition coefficient (Wildman–Crippen LogP) is 3.96. The Labute approximate surface area is 157 Å². The molecule has 0 N–H and O–H groups in total. The molecule has 1 saturated heterocycles. The third-order valence-electron chi connectivity index (χ3n) is 4.73. The minimum Gasteiger partial charge on any atom is -0.494 e. The highest BCUT2D eigenvalue weighted by molar-refractivity contribution is 5.97. The summed E-state index contributed by atoms with van der Waals surface area (Å²) < 4.78 is 11.0. The fraction of sp³-hybridized carbons (Fsp3) is 0.286. The van der Waals surface area contributed by atoms with Crippen molar-refractivity contribution in [3.05, 3.63) is 60.0 Å². The molecule has 6 nitrogen and oxygen atoms in total. The van der Waals surface area contributed by atoms with Crippen LogP contribution in [0, 0.1) is 6.92 Å². The van der Waals surface area contributed by atoms with Crippen LogP contribution in [0.25, 0.3) is 11.4 Å². The van der Waals surface area contributed by atoms with Crippen molar-refractivity contribution < 1.29 is 14.1 Å². The zero-order valence-corrected chi connectivity index (χ0v) is 15.4. The molecular formula is C21H21N3O3. The Hall–Kier alpha value is -3.15. The van der Waals surface area contributed by atoms with Crippen LogP contribution in [0.4, 0.5) is 5.69 Å². The lowest BCUT2D eigenvalue weighted by atomic mass is 10.1. The van der Waals surface area contributed by atoms with E-state index >= 15 is 0 Å². The van der Waals surface area contributed by atoms with Crippen LogP contribution in [0.2, 0.25) is 0 Å². The monoisotopic (exact) mass is 363 g/mol. The number of nitrogens with zero attached hydrogens (tertiary/aromatic N) is 3. The summed E-state index contributed by atoms with van der Waals surface area (Å²) in [6.45, 7) is 5.09. The third-order valence-corrected chi connectivity index (χ3v) is 4.73. The van der Waals surface area contributed by atoms with E-state index in [0.29, 0.717) is 31.3 Å². The van der Waals surface area contributed by atoms with Gasteiger partial charge in [0.2, 0.25) is 17.6 Å². The maximum absolute atomic E-state index is 12.5. The molecule has 2 heterocycles. The van der Waals surface area contributed by atoms with Crippen molar-refractivity contribution in [3.8, 4) is 17.1 Å². The van der Waals surface area contributed by atoms with Crippen molar-refractivity contribution in [2.75, 3.05) is 18.1 Å². The molecule has 0 radical (unpaired) electrons. The van der Waals surface area contributed by atoms with E-state index in [1.807, 2.05) is 62.4 Å². The van der Waals surface area contributed by atoms with Gasteiger partial charge in [0.05, 0.1) is 12.5 Å². The number of rotatable bonds is 5. The SMILES string of the molecule is CCOc1cccc(-c2noc(C3CC(=O)N(c4ccccc4C)C3)n2)c1. The topological polar surface area (TPSA) is 68.5 Å². The molecule has 1 amide bonds. The molecule has 1 atom stereocenters. The van der Waals surface area contributed by atoms with Crippen LogP contribution >= 0.6 is 0 Å². The number of ether oxygens (including phenoxy) is 1. The summed E-state index contributed by atoms with van der Waals surface area (Å²) in [7, 11) is 0. The Kier molecular flexibility index (Phi) is 4.62. The molecule has 1 aliphatic heterocycles. The summed E-state index contributed by atoms with van der Waals surface area (Å²) in [4.78, 5) is 18.9. The second-order valence-electron chi connectivity index (χ2n) is 6.61. The smallest absolute Gasteiger partial charge is 0.232 e. The maximum Gasteiger partial charge on any atom is 0.232 e. The molecule has 3 aromatic rings. The molecule has 1 aliphatic rings. The van der Waals surface area contributed by atoms with Gasteiger partial charge in [-0.25, -0.2) is 0 Å². The summed E-state index contributed by atoms with van der Waals surface area (Å²) in [5, 5.41) is 4.10. The number of carbonyl (C=O) groups excluding carboxylic acids is 1. The number of benzene rings is 2. The van der Waals surface area contributed by atoms with Gasteiger partial charge in [-0.15, -0.1) is 0 Å². The van der Waals surface area contributed by atoms with Crippen LogP contribution in [0.5, 0.6) is 5.75 Å². The van der Waals surface area contributed by atoms with E-state index in [1.54, 1.807) is 4.90 Å². The summed E-state index contributed by atoms with van der Waals surface area (Å²) in [5.74, 6) is 1.74. The number of hydrogen-bond acceptors (Lipinski definition) is 5. The van der Waals surface area contributed by atoms with Crippen molar-refractivity contribution >= 4 is 11.6 Å². The number of carbonyl (C=O) groups is 1. The second-order valence-corrected chi connectivity index (χ2v) is 6.61. The van der Waals surface area contributed by atoms with Gasteiger partial charge in [-0.2, -0.15) is 4.98 Å². The molecule has 0 bridgehead atoms. The molecule has 27 heavy (non-hydrogen) atoms. The fourth-order valence-electron chi connectivity index (χ4n) is 3.38. The van der Waals surface area contributed by atoms with E-state index < -0.39 is 0 Å². The van der Waals surface area contributed by atoms with Crippen molar-refractivity contribution in [1.82, 2.24) is 10.1 Å². The molecule has 0 aliphatic carbocycles. The van der Waals surface area contributed by atoms with Crippen LogP contribution in [-0.4, -0.2) is 29.2 Å². The first-order valence-corrected chi connectivity index (χ1v) is 9.08. The Morgan fingerprint density at radius 2 is 2.07 bits per heavy atom. The Balaban J connectivity index is 1.55. The number of aromatic nitrogens is 2. The van der Waals surface area contributed by atoms with E-state index in [2.05, 4.69) is 10.1 Å². The van der Waals surface area contributed by atoms with E-state index in [9.17, 15) is 4.79 Å². The zero-order chi connectivity index (χ0) is 18.8. The minimum atomic E-state index is -0.103. The first-order chi connectivity index (χ1) is 13.2.